The predicted molar refractivity (Wildman–Crippen MR) is 173 cm³/mol. The van der Waals surface area contributed by atoms with Crippen LogP contribution in [0.15, 0.2) is 12.2 Å². The van der Waals surface area contributed by atoms with Crippen LogP contribution in [-0.2, 0) is 52.2 Å². The van der Waals surface area contributed by atoms with E-state index < -0.39 is 84.8 Å². The highest BCUT2D eigenvalue weighted by molar-refractivity contribution is 5.86. The first kappa shape index (κ1) is 40.2. The molecule has 282 valence electrons. The Labute approximate surface area is 289 Å². The molecule has 0 saturated carbocycles. The molecule has 49 heavy (non-hydrogen) atoms. The summed E-state index contributed by atoms with van der Waals surface area (Å²) < 4.78 is 52.8. The summed E-state index contributed by atoms with van der Waals surface area (Å²) in [4.78, 5) is 26.6. The van der Waals surface area contributed by atoms with Gasteiger partial charge in [-0.3, -0.25) is 4.79 Å². The standard InChI is InChI=1S/C35H58O14/c1-17-10-13-26(37)46-20(4)22(16-44-34-32(43-9)31(42-8)27(38)21(5)47-34)30-23(48-30)11-12-25(36)35(6,40)15-18(2)29(17)49-33-28(39)24(41-7)14-19(3)45-33/h10,13,17-24,27-34,38-40H,11-12,14-16H2,1-9H3/t17-,18-,19?,20+,21?,22+,23-,24?,27?,28?,29+,30-,31?,32?,33?,34?,35-/m0/s1. The van der Waals surface area contributed by atoms with E-state index in [1.165, 1.54) is 34.3 Å². The fourth-order valence-corrected chi connectivity index (χ4v) is 7.44. The van der Waals surface area contributed by atoms with Crippen molar-refractivity contribution in [1.82, 2.24) is 0 Å². The number of rotatable bonds is 8. The number of methoxy groups -OCH3 is 3. The van der Waals surface area contributed by atoms with Crippen LogP contribution in [0.4, 0.5) is 0 Å². The quantitative estimate of drug-likeness (QED) is 0.246. The molecular formula is C35H58O14. The fourth-order valence-electron chi connectivity index (χ4n) is 7.44. The highest BCUT2D eigenvalue weighted by Gasteiger charge is 2.51. The Balaban J connectivity index is 1.54. The molecule has 0 bridgehead atoms. The summed E-state index contributed by atoms with van der Waals surface area (Å²) >= 11 is 0. The van der Waals surface area contributed by atoms with Crippen molar-refractivity contribution >= 4 is 11.8 Å². The summed E-state index contributed by atoms with van der Waals surface area (Å²) in [6.45, 7) is 10.6. The number of epoxide rings is 1. The topological polar surface area (TPSA) is 181 Å². The van der Waals surface area contributed by atoms with E-state index in [-0.39, 0.29) is 49.5 Å². The average Bonchev–Trinajstić information content (AvgIpc) is 3.82. The molecule has 4 aliphatic rings. The molecule has 17 atom stereocenters. The number of fused-ring (bicyclic) bond motifs is 1. The predicted octanol–water partition coefficient (Wildman–Crippen LogP) is 1.68. The van der Waals surface area contributed by atoms with Gasteiger partial charge in [-0.25, -0.2) is 4.79 Å². The Morgan fingerprint density at radius 3 is 2.22 bits per heavy atom. The number of ketones is 1. The largest absolute Gasteiger partial charge is 0.459 e. The van der Waals surface area contributed by atoms with Gasteiger partial charge in [-0.15, -0.1) is 0 Å². The van der Waals surface area contributed by atoms with Gasteiger partial charge in [0, 0.05) is 52.1 Å². The van der Waals surface area contributed by atoms with Gasteiger partial charge in [0.1, 0.15) is 36.1 Å². The van der Waals surface area contributed by atoms with E-state index in [4.69, 9.17) is 42.6 Å². The zero-order valence-electron chi connectivity index (χ0n) is 30.3. The van der Waals surface area contributed by atoms with Gasteiger partial charge in [-0.2, -0.15) is 0 Å². The molecule has 0 spiro atoms. The molecule has 0 aromatic rings. The van der Waals surface area contributed by atoms with Crippen LogP contribution in [-0.4, -0.2) is 140 Å². The first-order valence-electron chi connectivity index (χ1n) is 17.4. The van der Waals surface area contributed by atoms with Crippen LogP contribution in [0.25, 0.3) is 0 Å². The minimum atomic E-state index is -1.67. The van der Waals surface area contributed by atoms with E-state index in [1.807, 2.05) is 20.8 Å². The molecule has 0 amide bonds. The van der Waals surface area contributed by atoms with E-state index in [2.05, 4.69) is 0 Å². The van der Waals surface area contributed by atoms with Crippen molar-refractivity contribution in [3.8, 4) is 0 Å². The van der Waals surface area contributed by atoms with Gasteiger partial charge in [-0.1, -0.05) is 19.9 Å². The van der Waals surface area contributed by atoms with Crippen LogP contribution in [0.5, 0.6) is 0 Å². The highest BCUT2D eigenvalue weighted by Crippen LogP contribution is 2.38. The molecule has 3 fully saturated rings. The molecule has 0 radical (unpaired) electrons. The van der Waals surface area contributed by atoms with E-state index >= 15 is 0 Å². The lowest BCUT2D eigenvalue weighted by Gasteiger charge is -2.42. The molecule has 4 aliphatic heterocycles. The smallest absolute Gasteiger partial charge is 0.330 e. The van der Waals surface area contributed by atoms with Crippen molar-refractivity contribution in [2.75, 3.05) is 27.9 Å². The normalized spacial score (nSPS) is 47.3. The van der Waals surface area contributed by atoms with Gasteiger partial charge < -0.3 is 58.0 Å². The van der Waals surface area contributed by atoms with Crippen LogP contribution in [0.2, 0.25) is 0 Å². The number of Topliss-reactive ketones (excluding diaryl/α,β-unsaturated/α-hetero) is 1. The second-order valence-electron chi connectivity index (χ2n) is 14.4. The average molecular weight is 703 g/mol. The summed E-state index contributed by atoms with van der Waals surface area (Å²) in [6.07, 6.45) is -4.62. The lowest BCUT2D eigenvalue weighted by Crippen LogP contribution is -2.59. The minimum absolute atomic E-state index is 0.0587. The van der Waals surface area contributed by atoms with E-state index in [9.17, 15) is 24.9 Å². The van der Waals surface area contributed by atoms with Crippen molar-refractivity contribution in [3.05, 3.63) is 12.2 Å². The SMILES string of the molecule is COC1CC(C)OC(O[C@@H]2[C@@H](C)C=CC(=O)O[C@H](C)[C@@H](COC3OC(C)C(O)C(OC)C3OC)[C@@H]3O[C@H]3CCC(=O)[C@@](C)(O)C[C@@H]2C)C1O. The third kappa shape index (κ3) is 9.86. The molecule has 14 heteroatoms. The number of ether oxygens (including phenoxy) is 9. The first-order valence-corrected chi connectivity index (χ1v) is 17.4. The Hall–Kier alpha value is -1.56. The van der Waals surface area contributed by atoms with Gasteiger partial charge in [0.05, 0.1) is 43.2 Å². The number of carbonyl (C=O) groups is 2. The Bertz CT molecular complexity index is 1120. The van der Waals surface area contributed by atoms with Crippen molar-refractivity contribution in [1.29, 1.82) is 0 Å². The number of aliphatic hydroxyl groups excluding tert-OH is 2. The van der Waals surface area contributed by atoms with Crippen LogP contribution in [0, 0.1) is 17.8 Å². The molecule has 4 heterocycles. The second-order valence-corrected chi connectivity index (χ2v) is 14.4. The summed E-state index contributed by atoms with van der Waals surface area (Å²) in [5.74, 6) is -2.15. The Morgan fingerprint density at radius 1 is 0.878 bits per heavy atom. The molecule has 0 aromatic carbocycles. The lowest BCUT2D eigenvalue weighted by atomic mass is 9.81. The van der Waals surface area contributed by atoms with Crippen molar-refractivity contribution in [2.45, 2.75) is 153 Å². The second kappa shape index (κ2) is 17.3. The van der Waals surface area contributed by atoms with Crippen LogP contribution < -0.4 is 0 Å². The maximum Gasteiger partial charge on any atom is 0.330 e. The molecule has 0 aromatic heterocycles. The third-order valence-corrected chi connectivity index (χ3v) is 10.5. The lowest BCUT2D eigenvalue weighted by molar-refractivity contribution is -0.305. The molecule has 9 unspecified atom stereocenters. The summed E-state index contributed by atoms with van der Waals surface area (Å²) in [6, 6.07) is 0. The number of hydrogen-bond acceptors (Lipinski definition) is 14. The van der Waals surface area contributed by atoms with Crippen molar-refractivity contribution < 1.29 is 67.5 Å². The molecule has 0 aliphatic carbocycles. The minimum Gasteiger partial charge on any atom is -0.459 e. The monoisotopic (exact) mass is 702 g/mol. The van der Waals surface area contributed by atoms with Gasteiger partial charge in [0.15, 0.2) is 18.4 Å². The summed E-state index contributed by atoms with van der Waals surface area (Å²) in [5, 5.41) is 32.9. The van der Waals surface area contributed by atoms with E-state index in [1.54, 1.807) is 19.9 Å². The van der Waals surface area contributed by atoms with E-state index in [0.717, 1.165) is 0 Å². The van der Waals surface area contributed by atoms with Gasteiger partial charge in [0.2, 0.25) is 0 Å². The third-order valence-electron chi connectivity index (χ3n) is 10.5. The van der Waals surface area contributed by atoms with Gasteiger partial charge in [-0.05, 0) is 46.5 Å². The zero-order chi connectivity index (χ0) is 36.2. The highest BCUT2D eigenvalue weighted by atomic mass is 16.7. The zero-order valence-corrected chi connectivity index (χ0v) is 30.3. The fraction of sp³-hybridized carbons (Fsp3) is 0.886. The number of carbonyl (C=O) groups excluding carboxylic acids is 2. The van der Waals surface area contributed by atoms with Crippen LogP contribution >= 0.6 is 0 Å². The maximum absolute atomic E-state index is 13.4. The summed E-state index contributed by atoms with van der Waals surface area (Å²) in [7, 11) is 4.48. The van der Waals surface area contributed by atoms with Gasteiger partial charge >= 0.3 is 5.97 Å². The van der Waals surface area contributed by atoms with Crippen LogP contribution in [0.3, 0.4) is 0 Å². The van der Waals surface area contributed by atoms with Crippen molar-refractivity contribution in [2.24, 2.45) is 17.8 Å². The molecule has 3 saturated heterocycles. The number of esters is 1. The summed E-state index contributed by atoms with van der Waals surface area (Å²) in [5.41, 5.74) is -1.67. The Morgan fingerprint density at radius 2 is 1.57 bits per heavy atom. The molecule has 4 rings (SSSR count). The van der Waals surface area contributed by atoms with Crippen LogP contribution in [0.1, 0.15) is 67.2 Å². The number of hydrogen-bond donors (Lipinski definition) is 3. The maximum atomic E-state index is 13.4. The van der Waals surface area contributed by atoms with Crippen molar-refractivity contribution in [3.63, 3.8) is 0 Å². The van der Waals surface area contributed by atoms with E-state index in [0.29, 0.717) is 12.8 Å². The molecular weight excluding hydrogens is 644 g/mol. The first-order chi connectivity index (χ1) is 23.1. The number of cyclic esters (lactones) is 1. The Kier molecular flexibility index (Phi) is 14.2. The van der Waals surface area contributed by atoms with Gasteiger partial charge in [0.25, 0.3) is 0 Å². The number of aliphatic hydroxyl groups is 3. The molecule has 14 nitrogen and oxygen atoms in total. The molecule has 3 N–H and O–H groups in total.